The lowest BCUT2D eigenvalue weighted by molar-refractivity contribution is -0.146. The molecule has 1 aromatic carbocycles. The summed E-state index contributed by atoms with van der Waals surface area (Å²) in [5, 5.41) is 7.41. The second-order valence-corrected chi connectivity index (χ2v) is 7.19. The summed E-state index contributed by atoms with van der Waals surface area (Å²) in [6, 6.07) is 4.34. The van der Waals surface area contributed by atoms with Gasteiger partial charge in [-0.25, -0.2) is 13.9 Å². The summed E-state index contributed by atoms with van der Waals surface area (Å²) >= 11 is 1.40. The van der Waals surface area contributed by atoms with Gasteiger partial charge in [-0.3, -0.25) is 9.59 Å². The van der Waals surface area contributed by atoms with Gasteiger partial charge < -0.3 is 10.1 Å². The molecular weight excluding hydrogens is 397 g/mol. The molecule has 1 N–H and O–H groups in total. The van der Waals surface area contributed by atoms with Crippen molar-refractivity contribution in [3.63, 3.8) is 0 Å². The molecule has 0 radical (unpaired) electrons. The minimum Gasteiger partial charge on any atom is -0.455 e. The normalized spacial score (nSPS) is 10.9. The third-order valence-electron chi connectivity index (χ3n) is 4.35. The molecule has 0 spiro atoms. The molecule has 8 nitrogen and oxygen atoms in total. The highest BCUT2D eigenvalue weighted by atomic mass is 32.2. The number of amides is 1. The number of halogens is 1. The molecule has 1 amide bonds. The zero-order valence-electron chi connectivity index (χ0n) is 16.4. The first-order valence-corrected chi connectivity index (χ1v) is 9.99. The number of fused-ring (bicyclic) bond motifs is 1. The van der Waals surface area contributed by atoms with Crippen LogP contribution >= 0.6 is 11.8 Å². The van der Waals surface area contributed by atoms with Gasteiger partial charge in [-0.2, -0.15) is 4.98 Å². The van der Waals surface area contributed by atoms with Crippen LogP contribution in [0.5, 0.6) is 0 Å². The van der Waals surface area contributed by atoms with Crippen molar-refractivity contribution in [1.82, 2.24) is 19.6 Å². The Morgan fingerprint density at radius 2 is 2.00 bits per heavy atom. The topological polar surface area (TPSA) is 98.5 Å². The molecule has 0 aliphatic carbocycles. The molecule has 10 heteroatoms. The zero-order valence-corrected chi connectivity index (χ0v) is 17.3. The standard InChI is InChI=1S/C19H20FN5O3S/c1-10-5-6-13(7-15(10)20)22-16(26)9-28-17(27)8-14-11(2)21-18-23-19(29-4)24-25(18)12(14)3/h5-7H,8-9H2,1-4H3,(H,22,26). The first-order chi connectivity index (χ1) is 13.8. The van der Waals surface area contributed by atoms with Crippen LogP contribution in [0.1, 0.15) is 22.5 Å². The van der Waals surface area contributed by atoms with E-state index in [2.05, 4.69) is 20.4 Å². The molecule has 3 rings (SSSR count). The van der Waals surface area contributed by atoms with Gasteiger partial charge in [0.05, 0.1) is 6.42 Å². The van der Waals surface area contributed by atoms with Gasteiger partial charge in [-0.1, -0.05) is 17.8 Å². The van der Waals surface area contributed by atoms with Gasteiger partial charge in [0.2, 0.25) is 5.16 Å². The van der Waals surface area contributed by atoms with E-state index in [4.69, 9.17) is 4.74 Å². The number of carbonyl (C=O) groups excluding carboxylic acids is 2. The molecule has 0 aliphatic rings. The van der Waals surface area contributed by atoms with Gasteiger partial charge >= 0.3 is 5.97 Å². The van der Waals surface area contributed by atoms with Crippen LogP contribution in [-0.2, 0) is 20.7 Å². The molecule has 0 aliphatic heterocycles. The highest BCUT2D eigenvalue weighted by molar-refractivity contribution is 7.98. The van der Waals surface area contributed by atoms with Crippen molar-refractivity contribution in [2.45, 2.75) is 32.3 Å². The maximum Gasteiger partial charge on any atom is 0.310 e. The number of anilines is 1. The van der Waals surface area contributed by atoms with Crippen molar-refractivity contribution < 1.29 is 18.7 Å². The third kappa shape index (κ3) is 4.70. The van der Waals surface area contributed by atoms with E-state index in [1.54, 1.807) is 30.5 Å². The Morgan fingerprint density at radius 3 is 2.69 bits per heavy atom. The summed E-state index contributed by atoms with van der Waals surface area (Å²) in [6.45, 7) is 4.76. The number of rotatable bonds is 6. The summed E-state index contributed by atoms with van der Waals surface area (Å²) in [7, 11) is 0. The van der Waals surface area contributed by atoms with E-state index in [0.29, 0.717) is 33.4 Å². The van der Waals surface area contributed by atoms with E-state index in [0.717, 1.165) is 5.69 Å². The van der Waals surface area contributed by atoms with E-state index in [1.807, 2.05) is 13.2 Å². The van der Waals surface area contributed by atoms with E-state index in [9.17, 15) is 14.0 Å². The number of aryl methyl sites for hydroxylation is 3. The number of thioether (sulfide) groups is 1. The van der Waals surface area contributed by atoms with Crippen molar-refractivity contribution in [2.75, 3.05) is 18.2 Å². The number of nitrogens with one attached hydrogen (secondary N) is 1. The summed E-state index contributed by atoms with van der Waals surface area (Å²) in [4.78, 5) is 32.9. The van der Waals surface area contributed by atoms with Crippen LogP contribution in [0.3, 0.4) is 0 Å². The van der Waals surface area contributed by atoms with Crippen LogP contribution in [0.2, 0.25) is 0 Å². The molecule has 0 atom stereocenters. The molecule has 2 heterocycles. The quantitative estimate of drug-likeness (QED) is 0.486. The van der Waals surface area contributed by atoms with E-state index < -0.39 is 24.3 Å². The summed E-state index contributed by atoms with van der Waals surface area (Å²) in [5.41, 5.74) is 2.82. The monoisotopic (exact) mass is 417 g/mol. The second-order valence-electron chi connectivity index (χ2n) is 6.42. The van der Waals surface area contributed by atoms with Crippen LogP contribution < -0.4 is 5.32 Å². The lowest BCUT2D eigenvalue weighted by atomic mass is 10.1. The number of aromatic nitrogens is 4. The number of benzene rings is 1. The molecule has 0 saturated heterocycles. The highest BCUT2D eigenvalue weighted by Crippen LogP contribution is 2.18. The average molecular weight is 417 g/mol. The van der Waals surface area contributed by atoms with Gasteiger partial charge in [-0.15, -0.1) is 5.10 Å². The van der Waals surface area contributed by atoms with Crippen LogP contribution in [0, 0.1) is 26.6 Å². The highest BCUT2D eigenvalue weighted by Gasteiger charge is 2.17. The average Bonchev–Trinajstić information content (AvgIpc) is 3.09. The molecule has 2 aromatic heterocycles. The van der Waals surface area contributed by atoms with Crippen molar-refractivity contribution in [1.29, 1.82) is 0 Å². The van der Waals surface area contributed by atoms with Gasteiger partial charge in [0.25, 0.3) is 11.7 Å². The van der Waals surface area contributed by atoms with E-state index >= 15 is 0 Å². The van der Waals surface area contributed by atoms with Crippen molar-refractivity contribution in [3.8, 4) is 0 Å². The Morgan fingerprint density at radius 1 is 1.24 bits per heavy atom. The Balaban J connectivity index is 1.63. The SMILES string of the molecule is CSc1nc2nc(C)c(CC(=O)OCC(=O)Nc3ccc(C)c(F)c3)c(C)n2n1. The molecule has 29 heavy (non-hydrogen) atoms. The Hall–Kier alpha value is -3.01. The first kappa shape index (κ1) is 20.7. The lowest BCUT2D eigenvalue weighted by Crippen LogP contribution is -2.22. The summed E-state index contributed by atoms with van der Waals surface area (Å²) in [6.07, 6.45) is 1.81. The number of carbonyl (C=O) groups is 2. The van der Waals surface area contributed by atoms with Gasteiger partial charge in [0, 0.05) is 22.6 Å². The van der Waals surface area contributed by atoms with Crippen LogP contribution in [0.25, 0.3) is 5.78 Å². The van der Waals surface area contributed by atoms with Gasteiger partial charge in [0.1, 0.15) is 5.82 Å². The minimum absolute atomic E-state index is 0.0541. The Labute approximate surface area is 170 Å². The molecule has 0 fully saturated rings. The zero-order chi connectivity index (χ0) is 21.1. The third-order valence-corrected chi connectivity index (χ3v) is 4.89. The second kappa shape index (κ2) is 8.56. The largest absolute Gasteiger partial charge is 0.455 e. The number of hydrogen-bond acceptors (Lipinski definition) is 7. The van der Waals surface area contributed by atoms with E-state index in [1.165, 1.54) is 17.8 Å². The smallest absolute Gasteiger partial charge is 0.310 e. The fraction of sp³-hybridized carbons (Fsp3) is 0.316. The summed E-state index contributed by atoms with van der Waals surface area (Å²) < 4.78 is 20.2. The Bertz CT molecular complexity index is 1100. The van der Waals surface area contributed by atoms with Crippen LogP contribution in [0.4, 0.5) is 10.1 Å². The molecule has 152 valence electrons. The molecule has 0 bridgehead atoms. The lowest BCUT2D eigenvalue weighted by Gasteiger charge is -2.10. The maximum atomic E-state index is 13.5. The molecule has 3 aromatic rings. The predicted octanol–water partition coefficient (Wildman–Crippen LogP) is 2.63. The van der Waals surface area contributed by atoms with Crippen LogP contribution in [0.15, 0.2) is 23.4 Å². The fourth-order valence-electron chi connectivity index (χ4n) is 2.74. The van der Waals surface area contributed by atoms with Gasteiger partial charge in [-0.05, 0) is 44.7 Å². The van der Waals surface area contributed by atoms with Crippen LogP contribution in [-0.4, -0.2) is 44.3 Å². The number of hydrogen-bond donors (Lipinski definition) is 1. The Kier molecular flexibility index (Phi) is 6.12. The minimum atomic E-state index is -0.576. The maximum absolute atomic E-state index is 13.5. The van der Waals surface area contributed by atoms with Crippen molar-refractivity contribution >= 4 is 35.1 Å². The molecule has 0 unspecified atom stereocenters. The predicted molar refractivity (Wildman–Crippen MR) is 106 cm³/mol. The van der Waals surface area contributed by atoms with Gasteiger partial charge in [0.15, 0.2) is 6.61 Å². The summed E-state index contributed by atoms with van der Waals surface area (Å²) in [5.74, 6) is -1.09. The molecular formula is C19H20FN5O3S. The van der Waals surface area contributed by atoms with Crippen molar-refractivity contribution in [3.05, 3.63) is 46.5 Å². The number of nitrogens with zero attached hydrogens (tertiary/aromatic N) is 4. The van der Waals surface area contributed by atoms with Crippen molar-refractivity contribution in [2.24, 2.45) is 0 Å². The number of esters is 1. The molecule has 0 saturated carbocycles. The number of ether oxygens (including phenoxy) is 1. The fourth-order valence-corrected chi connectivity index (χ4v) is 3.08. The van der Waals surface area contributed by atoms with E-state index in [-0.39, 0.29) is 6.42 Å². The first-order valence-electron chi connectivity index (χ1n) is 8.77.